The molecule has 0 aromatic rings. The summed E-state index contributed by atoms with van der Waals surface area (Å²) in [5.41, 5.74) is 4.68. The third kappa shape index (κ3) is 2.33. The zero-order chi connectivity index (χ0) is 8.27. The first-order valence-electron chi connectivity index (χ1n) is 4.64. The molecule has 0 N–H and O–H groups in total. The van der Waals surface area contributed by atoms with Gasteiger partial charge in [-0.3, -0.25) is 6.08 Å². The van der Waals surface area contributed by atoms with Crippen molar-refractivity contribution >= 4 is 0 Å². The van der Waals surface area contributed by atoms with Gasteiger partial charge in [-0.15, -0.1) is 6.42 Å². The summed E-state index contributed by atoms with van der Waals surface area (Å²) in [6.45, 7) is 6.70. The first kappa shape index (κ1) is 12.2. The van der Waals surface area contributed by atoms with E-state index < -0.39 is 0 Å². The van der Waals surface area contributed by atoms with Crippen LogP contribution in [0.1, 0.15) is 46.5 Å². The van der Waals surface area contributed by atoms with Crippen LogP contribution in [0.4, 0.5) is 0 Å². The molecule has 0 radical (unpaired) electrons. The number of allylic oxidation sites excluding steroid dienone is 4. The second kappa shape index (κ2) is 5.75. The number of hydrogen-bond acceptors (Lipinski definition) is 0. The van der Waals surface area contributed by atoms with Crippen molar-refractivity contribution in [3.8, 4) is 0 Å². The summed E-state index contributed by atoms with van der Waals surface area (Å²) in [5, 5.41) is 0. The third-order valence-electron chi connectivity index (χ3n) is 2.44. The molecule has 0 bridgehead atoms. The van der Waals surface area contributed by atoms with Crippen LogP contribution in [0, 0.1) is 6.08 Å². The predicted octanol–water partition coefficient (Wildman–Crippen LogP) is 3.64. The zero-order valence-corrected chi connectivity index (χ0v) is 10.4. The van der Waals surface area contributed by atoms with Gasteiger partial charge in [-0.2, -0.15) is 11.1 Å². The fourth-order valence-electron chi connectivity index (χ4n) is 1.78. The van der Waals surface area contributed by atoms with Crippen LogP contribution < -0.4 is 0 Å². The van der Waals surface area contributed by atoms with Crippen LogP contribution in [0.25, 0.3) is 0 Å². The Morgan fingerprint density at radius 1 is 1.08 bits per heavy atom. The maximum atomic E-state index is 3.45. The Balaban J connectivity index is 0.00000121. The minimum absolute atomic E-state index is 0. The average molecular weight is 344 g/mol. The topological polar surface area (TPSA) is 0 Å². The Morgan fingerprint density at radius 2 is 1.75 bits per heavy atom. The van der Waals surface area contributed by atoms with Crippen molar-refractivity contribution in [2.24, 2.45) is 0 Å². The molecule has 0 heterocycles. The molecule has 0 saturated carbocycles. The maximum Gasteiger partial charge on any atom is 0 e. The molecule has 12 heavy (non-hydrogen) atoms. The molecular weight excluding hydrogens is 327 g/mol. The second-order valence-electron chi connectivity index (χ2n) is 2.97. The van der Waals surface area contributed by atoms with E-state index in [9.17, 15) is 0 Å². The molecule has 0 fully saturated rings. The van der Waals surface area contributed by atoms with E-state index in [1.807, 2.05) is 0 Å². The van der Waals surface area contributed by atoms with E-state index in [1.165, 1.54) is 18.4 Å². The summed E-state index contributed by atoms with van der Waals surface area (Å²) < 4.78 is 0. The van der Waals surface area contributed by atoms with E-state index >= 15 is 0 Å². The van der Waals surface area contributed by atoms with Gasteiger partial charge in [0, 0.05) is 21.1 Å². The van der Waals surface area contributed by atoms with Crippen molar-refractivity contribution in [1.82, 2.24) is 0 Å². The van der Waals surface area contributed by atoms with Gasteiger partial charge in [0.25, 0.3) is 0 Å². The van der Waals surface area contributed by atoms with Crippen LogP contribution in [0.3, 0.4) is 0 Å². The van der Waals surface area contributed by atoms with Crippen molar-refractivity contribution < 1.29 is 21.1 Å². The van der Waals surface area contributed by atoms with Crippen molar-refractivity contribution in [3.63, 3.8) is 0 Å². The molecule has 1 heteroatoms. The van der Waals surface area contributed by atoms with Crippen LogP contribution in [-0.2, 0) is 21.1 Å². The standard InChI is InChI=1S/C11H17.Pt/c1-4-9-7-8-10(5-2)11(9)6-3;/h4-7H2,1-3H3;/q-1;. The molecule has 72 valence electrons. The van der Waals surface area contributed by atoms with Crippen molar-refractivity contribution in [2.45, 2.75) is 46.5 Å². The molecule has 1 aliphatic carbocycles. The Bertz CT molecular complexity index is 199. The van der Waals surface area contributed by atoms with Gasteiger partial charge in [0.05, 0.1) is 0 Å². The van der Waals surface area contributed by atoms with Gasteiger partial charge >= 0.3 is 0 Å². The first-order valence-corrected chi connectivity index (χ1v) is 4.64. The van der Waals surface area contributed by atoms with Gasteiger partial charge < -0.3 is 0 Å². The second-order valence-corrected chi connectivity index (χ2v) is 2.97. The van der Waals surface area contributed by atoms with Gasteiger partial charge in [-0.05, 0) is 0 Å². The molecule has 1 rings (SSSR count). The molecule has 0 aromatic heterocycles. The average Bonchev–Trinajstić information content (AvgIpc) is 2.45. The molecule has 0 nitrogen and oxygen atoms in total. The summed E-state index contributed by atoms with van der Waals surface area (Å²) in [6.07, 6.45) is 8.11. The Kier molecular flexibility index (Phi) is 5.83. The van der Waals surface area contributed by atoms with Gasteiger partial charge in [0.1, 0.15) is 0 Å². The fourth-order valence-corrected chi connectivity index (χ4v) is 1.78. The van der Waals surface area contributed by atoms with Crippen LogP contribution in [0.5, 0.6) is 0 Å². The van der Waals surface area contributed by atoms with Crippen molar-refractivity contribution in [1.29, 1.82) is 0 Å². The zero-order valence-electron chi connectivity index (χ0n) is 8.14. The van der Waals surface area contributed by atoms with Gasteiger partial charge in [-0.25, -0.2) is 5.57 Å². The molecule has 0 unspecified atom stereocenters. The SMILES string of the molecule is CCC1=[C-]CC(CC)=C1CC.[Pt]. The number of rotatable bonds is 3. The normalized spacial score (nSPS) is 16.1. The summed E-state index contributed by atoms with van der Waals surface area (Å²) in [4.78, 5) is 0. The van der Waals surface area contributed by atoms with E-state index in [-0.39, 0.29) is 21.1 Å². The van der Waals surface area contributed by atoms with Crippen LogP contribution in [-0.4, -0.2) is 0 Å². The fraction of sp³-hybridized carbons (Fsp3) is 0.636. The molecule has 0 aromatic carbocycles. The van der Waals surface area contributed by atoms with Gasteiger partial charge in [-0.1, -0.05) is 40.0 Å². The largest absolute Gasteiger partial charge is 0.269 e. The quantitative estimate of drug-likeness (QED) is 0.686. The van der Waals surface area contributed by atoms with E-state index in [0.717, 1.165) is 12.8 Å². The Labute approximate surface area is 90.4 Å². The first-order chi connectivity index (χ1) is 5.33. The van der Waals surface area contributed by atoms with Crippen LogP contribution in [0.15, 0.2) is 16.7 Å². The molecule has 0 atom stereocenters. The number of hydrogen-bond donors (Lipinski definition) is 0. The van der Waals surface area contributed by atoms with Gasteiger partial charge in [0.15, 0.2) is 0 Å². The summed E-state index contributed by atoms with van der Waals surface area (Å²) >= 11 is 0. The van der Waals surface area contributed by atoms with Crippen molar-refractivity contribution in [2.75, 3.05) is 0 Å². The van der Waals surface area contributed by atoms with E-state index in [2.05, 4.69) is 26.8 Å². The van der Waals surface area contributed by atoms with Crippen LogP contribution >= 0.6 is 0 Å². The Morgan fingerprint density at radius 3 is 2.17 bits per heavy atom. The summed E-state index contributed by atoms with van der Waals surface area (Å²) in [5.74, 6) is 0. The molecule has 0 amide bonds. The maximum absolute atomic E-state index is 3.45. The van der Waals surface area contributed by atoms with Crippen LogP contribution in [0.2, 0.25) is 0 Å². The summed E-state index contributed by atoms with van der Waals surface area (Å²) in [7, 11) is 0. The minimum Gasteiger partial charge on any atom is -0.269 e. The third-order valence-corrected chi connectivity index (χ3v) is 2.44. The van der Waals surface area contributed by atoms with E-state index in [0.29, 0.717) is 0 Å². The summed E-state index contributed by atoms with van der Waals surface area (Å²) in [6, 6.07) is 0. The van der Waals surface area contributed by atoms with Crippen molar-refractivity contribution in [3.05, 3.63) is 22.8 Å². The Hall–Kier alpha value is 0.168. The molecule has 0 spiro atoms. The smallest absolute Gasteiger partial charge is 0 e. The molecular formula is C11H17Pt-. The monoisotopic (exact) mass is 344 g/mol. The predicted molar refractivity (Wildman–Crippen MR) is 49.3 cm³/mol. The van der Waals surface area contributed by atoms with Gasteiger partial charge in [0.2, 0.25) is 0 Å². The van der Waals surface area contributed by atoms with E-state index in [1.54, 1.807) is 11.1 Å². The molecule has 0 aliphatic heterocycles. The van der Waals surface area contributed by atoms with E-state index in [4.69, 9.17) is 0 Å². The molecule has 0 saturated heterocycles. The minimum atomic E-state index is 0. The molecule has 1 aliphatic rings.